The van der Waals surface area contributed by atoms with Crippen molar-refractivity contribution in [1.82, 2.24) is 4.90 Å². The molecule has 132 valence electrons. The van der Waals surface area contributed by atoms with Gasteiger partial charge in [0.25, 0.3) is 0 Å². The number of nitrogens with zero attached hydrogens (tertiary/aromatic N) is 1. The molecule has 1 amide bonds. The van der Waals surface area contributed by atoms with Crippen LogP contribution in [0, 0.1) is 0 Å². The maximum atomic E-state index is 12.9. The number of benzene rings is 1. The number of carbonyl (C=O) groups excluding carboxylic acids is 1. The second-order valence-corrected chi connectivity index (χ2v) is 6.75. The maximum Gasteiger partial charge on any atom is 0.416 e. The Balaban J connectivity index is 2.16. The smallest absolute Gasteiger partial charge is 0.416 e. The Morgan fingerprint density at radius 3 is 2.38 bits per heavy atom. The number of hydrogen-bond donors (Lipinski definition) is 1. The van der Waals surface area contributed by atoms with Gasteiger partial charge in [-0.2, -0.15) is 13.2 Å². The van der Waals surface area contributed by atoms with Crippen molar-refractivity contribution in [2.24, 2.45) is 0 Å². The molecule has 0 fully saturated rings. The van der Waals surface area contributed by atoms with Gasteiger partial charge < -0.3 is 15.4 Å². The normalized spacial score (nSPS) is 15.9. The van der Waals surface area contributed by atoms with Crippen LogP contribution in [0.4, 0.5) is 23.7 Å². The number of ether oxygens (including phenoxy) is 1. The number of alkyl halides is 3. The molecule has 1 aromatic carbocycles. The molecule has 0 unspecified atom stereocenters. The Bertz CT molecular complexity index is 661. The average molecular weight is 342 g/mol. The van der Waals surface area contributed by atoms with Gasteiger partial charge in [0.05, 0.1) is 5.56 Å². The number of carbonyl (C=O) groups is 1. The SMILES string of the molecule is CC(C)(C)OC(=O)N1CC=C(c2cc(N)cc(C(F)(F)F)c2)CC1. The standard InChI is InChI=1S/C17H21F3N2O2/c1-16(2,3)24-15(23)22-6-4-11(5-7-22)12-8-13(17(18,19)20)10-14(21)9-12/h4,8-10H,5-7,21H2,1-3H3. The molecule has 0 aromatic heterocycles. The lowest BCUT2D eigenvalue weighted by Crippen LogP contribution is -2.39. The van der Waals surface area contributed by atoms with E-state index < -0.39 is 23.4 Å². The van der Waals surface area contributed by atoms with E-state index in [2.05, 4.69) is 0 Å². The summed E-state index contributed by atoms with van der Waals surface area (Å²) in [7, 11) is 0. The molecule has 0 saturated carbocycles. The van der Waals surface area contributed by atoms with Crippen molar-refractivity contribution in [3.63, 3.8) is 0 Å². The summed E-state index contributed by atoms with van der Waals surface area (Å²) in [5.74, 6) is 0. The Kier molecular flexibility index (Phi) is 4.82. The third-order valence-corrected chi connectivity index (χ3v) is 3.51. The minimum atomic E-state index is -4.44. The molecule has 0 spiro atoms. The quantitative estimate of drug-likeness (QED) is 0.774. The largest absolute Gasteiger partial charge is 0.444 e. The Morgan fingerprint density at radius 1 is 1.21 bits per heavy atom. The fourth-order valence-electron chi connectivity index (χ4n) is 2.42. The lowest BCUT2D eigenvalue weighted by atomic mass is 9.97. The van der Waals surface area contributed by atoms with Gasteiger partial charge in [0.2, 0.25) is 0 Å². The highest BCUT2D eigenvalue weighted by atomic mass is 19.4. The summed E-state index contributed by atoms with van der Waals surface area (Å²) < 4.78 is 44.0. The maximum absolute atomic E-state index is 12.9. The topological polar surface area (TPSA) is 55.6 Å². The zero-order chi connectivity index (χ0) is 18.1. The molecule has 0 radical (unpaired) electrons. The van der Waals surface area contributed by atoms with E-state index in [1.807, 2.05) is 0 Å². The van der Waals surface area contributed by atoms with Gasteiger partial charge >= 0.3 is 12.3 Å². The minimum absolute atomic E-state index is 0.0651. The van der Waals surface area contributed by atoms with E-state index in [-0.39, 0.29) is 5.69 Å². The second kappa shape index (κ2) is 6.37. The molecular formula is C17H21F3N2O2. The molecule has 1 heterocycles. The molecule has 1 aliphatic rings. The first-order chi connectivity index (χ1) is 11.0. The van der Waals surface area contributed by atoms with Crippen molar-refractivity contribution >= 4 is 17.4 Å². The van der Waals surface area contributed by atoms with Gasteiger partial charge in [0, 0.05) is 18.8 Å². The zero-order valence-corrected chi connectivity index (χ0v) is 13.9. The molecule has 0 bridgehead atoms. The highest BCUT2D eigenvalue weighted by Crippen LogP contribution is 2.34. The van der Waals surface area contributed by atoms with Crippen molar-refractivity contribution < 1.29 is 22.7 Å². The molecule has 4 nitrogen and oxygen atoms in total. The molecule has 0 atom stereocenters. The van der Waals surface area contributed by atoms with Crippen molar-refractivity contribution in [1.29, 1.82) is 0 Å². The lowest BCUT2D eigenvalue weighted by molar-refractivity contribution is -0.137. The van der Waals surface area contributed by atoms with Gasteiger partial charge in [0.15, 0.2) is 0 Å². The van der Waals surface area contributed by atoms with E-state index in [0.717, 1.165) is 17.7 Å². The molecule has 24 heavy (non-hydrogen) atoms. The van der Waals surface area contributed by atoms with Crippen LogP contribution in [-0.2, 0) is 10.9 Å². The summed E-state index contributed by atoms with van der Waals surface area (Å²) in [5.41, 5.74) is 5.48. The van der Waals surface area contributed by atoms with Gasteiger partial charge in [-0.25, -0.2) is 4.79 Å². The van der Waals surface area contributed by atoms with Crippen LogP contribution in [0.2, 0.25) is 0 Å². The van der Waals surface area contributed by atoms with E-state index in [0.29, 0.717) is 25.1 Å². The summed E-state index contributed by atoms with van der Waals surface area (Å²) in [6.45, 7) is 6.02. The summed E-state index contributed by atoms with van der Waals surface area (Å²) >= 11 is 0. The van der Waals surface area contributed by atoms with Gasteiger partial charge in [-0.3, -0.25) is 0 Å². The van der Waals surface area contributed by atoms with E-state index in [4.69, 9.17) is 10.5 Å². The molecule has 2 N–H and O–H groups in total. The Hall–Kier alpha value is -2.18. The molecule has 2 rings (SSSR count). The first kappa shape index (κ1) is 18.2. The molecule has 7 heteroatoms. The minimum Gasteiger partial charge on any atom is -0.444 e. The highest BCUT2D eigenvalue weighted by Gasteiger charge is 2.31. The van der Waals surface area contributed by atoms with Gasteiger partial charge in [-0.1, -0.05) is 6.08 Å². The monoisotopic (exact) mass is 342 g/mol. The fourth-order valence-corrected chi connectivity index (χ4v) is 2.42. The molecular weight excluding hydrogens is 321 g/mol. The number of rotatable bonds is 1. The van der Waals surface area contributed by atoms with Crippen LogP contribution in [0.25, 0.3) is 5.57 Å². The third-order valence-electron chi connectivity index (χ3n) is 3.51. The number of hydrogen-bond acceptors (Lipinski definition) is 3. The Morgan fingerprint density at radius 2 is 1.88 bits per heavy atom. The van der Waals surface area contributed by atoms with Gasteiger partial charge in [0.1, 0.15) is 5.60 Å². The van der Waals surface area contributed by atoms with Gasteiger partial charge in [-0.15, -0.1) is 0 Å². The van der Waals surface area contributed by atoms with Crippen LogP contribution in [0.5, 0.6) is 0 Å². The van der Waals surface area contributed by atoms with Crippen molar-refractivity contribution in [3.8, 4) is 0 Å². The number of anilines is 1. The van der Waals surface area contributed by atoms with Gasteiger partial charge in [-0.05, 0) is 56.5 Å². The van der Waals surface area contributed by atoms with Crippen molar-refractivity contribution in [2.75, 3.05) is 18.8 Å². The summed E-state index contributed by atoms with van der Waals surface area (Å²) in [6, 6.07) is 3.52. The molecule has 0 aliphatic carbocycles. The number of nitrogens with two attached hydrogens (primary N) is 1. The Labute approximate surface area is 139 Å². The van der Waals surface area contributed by atoms with E-state index in [1.54, 1.807) is 26.8 Å². The predicted octanol–water partition coefficient (Wildman–Crippen LogP) is 4.31. The van der Waals surface area contributed by atoms with Crippen LogP contribution < -0.4 is 5.73 Å². The number of halogens is 3. The summed E-state index contributed by atoms with van der Waals surface area (Å²) in [6.07, 6.45) is -2.69. The summed E-state index contributed by atoms with van der Waals surface area (Å²) in [5, 5.41) is 0. The van der Waals surface area contributed by atoms with Crippen LogP contribution in [0.15, 0.2) is 24.3 Å². The van der Waals surface area contributed by atoms with Crippen molar-refractivity contribution in [2.45, 2.75) is 39.0 Å². The van der Waals surface area contributed by atoms with Crippen LogP contribution >= 0.6 is 0 Å². The lowest BCUT2D eigenvalue weighted by Gasteiger charge is -2.29. The third kappa shape index (κ3) is 4.66. The molecule has 1 aliphatic heterocycles. The van der Waals surface area contributed by atoms with E-state index in [9.17, 15) is 18.0 Å². The van der Waals surface area contributed by atoms with E-state index in [1.165, 1.54) is 11.0 Å². The van der Waals surface area contributed by atoms with E-state index >= 15 is 0 Å². The first-order valence-electron chi connectivity index (χ1n) is 7.61. The average Bonchev–Trinajstić information content (AvgIpc) is 2.44. The van der Waals surface area contributed by atoms with Crippen LogP contribution in [-0.4, -0.2) is 29.7 Å². The second-order valence-electron chi connectivity index (χ2n) is 6.75. The zero-order valence-electron chi connectivity index (χ0n) is 13.9. The molecule has 0 saturated heterocycles. The highest BCUT2D eigenvalue weighted by molar-refractivity contribution is 5.74. The summed E-state index contributed by atoms with van der Waals surface area (Å²) in [4.78, 5) is 13.5. The van der Waals surface area contributed by atoms with Crippen molar-refractivity contribution in [3.05, 3.63) is 35.4 Å². The predicted molar refractivity (Wildman–Crippen MR) is 86.3 cm³/mol. The first-order valence-corrected chi connectivity index (χ1v) is 7.61. The number of nitrogen functional groups attached to an aromatic ring is 1. The van der Waals surface area contributed by atoms with Crippen LogP contribution in [0.3, 0.4) is 0 Å². The molecule has 1 aromatic rings. The fraction of sp³-hybridized carbons (Fsp3) is 0.471. The van der Waals surface area contributed by atoms with Crippen LogP contribution in [0.1, 0.15) is 38.3 Å². The number of amides is 1.